The van der Waals surface area contributed by atoms with Crippen molar-refractivity contribution in [2.75, 3.05) is 53.5 Å². The number of hydrogen-bond acceptors (Lipinski definition) is 9. The summed E-state index contributed by atoms with van der Waals surface area (Å²) in [7, 11) is 2.96. The normalized spacial score (nSPS) is 15.7. The van der Waals surface area contributed by atoms with Gasteiger partial charge in [-0.15, -0.1) is 0 Å². The Balaban J connectivity index is 0.000000214. The number of hydrogen-bond donors (Lipinski definition) is 1. The van der Waals surface area contributed by atoms with Crippen molar-refractivity contribution in [3.8, 4) is 22.3 Å². The molecule has 7 aromatic carbocycles. The third kappa shape index (κ3) is 12.9. The number of aryl methyl sites for hydroxylation is 1. The largest absolute Gasteiger partial charge is 0.481 e. The number of rotatable bonds is 16. The van der Waals surface area contributed by atoms with Crippen molar-refractivity contribution in [1.82, 2.24) is 19.6 Å². The molecule has 1 unspecified atom stereocenters. The molecule has 0 bridgehead atoms. The van der Waals surface area contributed by atoms with E-state index >= 15 is 0 Å². The Hall–Kier alpha value is -8.75. The van der Waals surface area contributed by atoms with E-state index < -0.39 is 48.2 Å². The smallest absolute Gasteiger partial charge is 0.410 e. The topological polar surface area (TPSA) is 163 Å². The second-order valence-electron chi connectivity index (χ2n) is 22.3. The van der Waals surface area contributed by atoms with Crippen LogP contribution in [0.1, 0.15) is 108 Å². The summed E-state index contributed by atoms with van der Waals surface area (Å²) in [5.41, 5.74) is 10.4. The average Bonchev–Trinajstić information content (AvgIpc) is 2.18. The van der Waals surface area contributed by atoms with Crippen molar-refractivity contribution in [2.45, 2.75) is 87.8 Å². The van der Waals surface area contributed by atoms with Gasteiger partial charge in [0.25, 0.3) is 0 Å². The molecule has 0 aromatic heterocycles. The highest BCUT2D eigenvalue weighted by atomic mass is 35.5. The number of piperidine rings is 2. The van der Waals surface area contributed by atoms with E-state index in [1.165, 1.54) is 19.0 Å². The summed E-state index contributed by atoms with van der Waals surface area (Å²) in [6.07, 6.45) is 3.35. The number of carbonyl (C=O) groups excluding carboxylic acids is 5. The van der Waals surface area contributed by atoms with Gasteiger partial charge in [-0.25, -0.2) is 9.59 Å². The number of carbonyl (C=O) groups is 6. The van der Waals surface area contributed by atoms with Gasteiger partial charge < -0.3 is 29.1 Å². The summed E-state index contributed by atoms with van der Waals surface area (Å²) in [6, 6.07) is 54.6. The van der Waals surface area contributed by atoms with E-state index in [1.807, 2.05) is 140 Å². The zero-order valence-corrected chi connectivity index (χ0v) is 49.0. The van der Waals surface area contributed by atoms with Crippen molar-refractivity contribution in [3.63, 3.8) is 0 Å². The Kier molecular flexibility index (Phi) is 18.8. The standard InChI is InChI=1S/C45H43ClN2O5.C25H28N2O5/c1-31-23-25-33(26-24-31)45(32-15-5-3-6-16-32,39-21-11-12-22-40(39)46)53-42(49)29-41(43(50)48-27-13-4-14-28-48)47(2)44(51)52-30-38-36-19-9-7-17-34(36)35-18-8-10-20-37(35)38;1-26(22(15-23(28)29)24(30)27-13-7-2-8-14-27)25(31)32-16-21-19-11-5-3-9-17(19)18-10-4-6-12-20(18)21/h3,5-12,15-26,38,41H,4,13-14,27-30H2,1-2H3;3-6,9-12,21-22H,2,7-8,13-16H2,1H3,(H,28,29)/t41-,45?;22-/m00/s1. The molecule has 2 fully saturated rings. The second-order valence-corrected chi connectivity index (χ2v) is 22.7. The van der Waals surface area contributed by atoms with E-state index in [0.29, 0.717) is 47.9 Å². The Morgan fingerprint density at radius 2 is 0.882 bits per heavy atom. The Bertz CT molecular complexity index is 3460. The van der Waals surface area contributed by atoms with Crippen LogP contribution < -0.4 is 0 Å². The number of carboxylic acids is 1. The molecule has 15 heteroatoms. The quantitative estimate of drug-likeness (QED) is 0.0560. The van der Waals surface area contributed by atoms with Gasteiger partial charge in [0.1, 0.15) is 25.3 Å². The van der Waals surface area contributed by atoms with Crippen LogP contribution in [0.5, 0.6) is 0 Å². The first kappa shape index (κ1) is 59.4. The SMILES string of the molecule is CN(C(=O)OCC1c2ccccc2-c2ccccc21)[C@@H](CC(=O)O)C(=O)N1CCCCC1.Cc1ccc(C(OC(=O)C[C@@H](C(=O)N2CCCCC2)N(C)C(=O)OCC2c3ccccc3-c3ccccc32)(c2ccccc2)c2ccccc2Cl)cc1. The summed E-state index contributed by atoms with van der Waals surface area (Å²) in [5.74, 6) is -2.69. The van der Waals surface area contributed by atoms with Gasteiger partial charge in [-0.3, -0.25) is 29.0 Å². The fraction of sp³-hybridized carbons (Fsp3) is 0.314. The van der Waals surface area contributed by atoms with Crippen molar-refractivity contribution >= 4 is 47.5 Å². The van der Waals surface area contributed by atoms with Gasteiger partial charge in [0, 0.05) is 73.8 Å². The van der Waals surface area contributed by atoms with Gasteiger partial charge in [0.2, 0.25) is 11.8 Å². The summed E-state index contributed by atoms with van der Waals surface area (Å²) in [6.45, 7) is 4.49. The number of carboxylic acid groups (broad SMARTS) is 1. The Labute approximate surface area is 501 Å². The van der Waals surface area contributed by atoms with Crippen molar-refractivity contribution in [3.05, 3.63) is 225 Å². The van der Waals surface area contributed by atoms with Crippen LogP contribution in [-0.4, -0.2) is 126 Å². The number of ether oxygens (including phenoxy) is 3. The fourth-order valence-corrected chi connectivity index (χ4v) is 12.7. The third-order valence-electron chi connectivity index (χ3n) is 17.0. The number of likely N-dealkylation sites (N-methyl/N-ethyl adjacent to an activating group) is 2. The molecule has 2 aliphatic carbocycles. The molecule has 0 spiro atoms. The number of nitrogens with zero attached hydrogens (tertiary/aromatic N) is 4. The highest BCUT2D eigenvalue weighted by Gasteiger charge is 2.45. The number of aliphatic carboxylic acids is 1. The van der Waals surface area contributed by atoms with Crippen molar-refractivity contribution < 1.29 is 48.1 Å². The predicted molar refractivity (Wildman–Crippen MR) is 326 cm³/mol. The predicted octanol–water partition coefficient (Wildman–Crippen LogP) is 12.9. The molecule has 0 saturated carbocycles. The molecule has 4 amide bonds. The number of fused-ring (bicyclic) bond motifs is 6. The number of likely N-dealkylation sites (tertiary alicyclic amines) is 2. The van der Waals surface area contributed by atoms with E-state index in [4.69, 9.17) is 25.8 Å². The summed E-state index contributed by atoms with van der Waals surface area (Å²) >= 11 is 6.90. The van der Waals surface area contributed by atoms with Crippen LogP contribution in [0.4, 0.5) is 9.59 Å². The molecular weight excluding hydrogens is 1090 g/mol. The van der Waals surface area contributed by atoms with Crippen molar-refractivity contribution in [1.29, 1.82) is 0 Å². The highest BCUT2D eigenvalue weighted by Crippen LogP contribution is 2.47. The minimum Gasteiger partial charge on any atom is -0.481 e. The van der Waals surface area contributed by atoms with Crippen LogP contribution >= 0.6 is 11.6 Å². The first-order valence-electron chi connectivity index (χ1n) is 29.3. The van der Waals surface area contributed by atoms with Crippen LogP contribution in [0.2, 0.25) is 5.02 Å². The maximum Gasteiger partial charge on any atom is 0.410 e. The van der Waals surface area contributed by atoms with Crippen LogP contribution in [-0.2, 0) is 39.0 Å². The summed E-state index contributed by atoms with van der Waals surface area (Å²) < 4.78 is 18.3. The first-order chi connectivity index (χ1) is 41.2. The van der Waals surface area contributed by atoms with Gasteiger partial charge >= 0.3 is 24.1 Å². The minimum atomic E-state index is -1.45. The number of amides is 4. The number of esters is 1. The summed E-state index contributed by atoms with van der Waals surface area (Å²) in [4.78, 5) is 85.8. The van der Waals surface area contributed by atoms with E-state index in [0.717, 1.165) is 93.5 Å². The van der Waals surface area contributed by atoms with Gasteiger partial charge in [-0.05, 0) is 96.0 Å². The zero-order valence-electron chi connectivity index (χ0n) is 48.2. The Morgan fingerprint density at radius 3 is 1.31 bits per heavy atom. The lowest BCUT2D eigenvalue weighted by Gasteiger charge is -2.37. The lowest BCUT2D eigenvalue weighted by atomic mass is 9.79. The first-order valence-corrected chi connectivity index (χ1v) is 29.7. The van der Waals surface area contributed by atoms with Gasteiger partial charge in [-0.2, -0.15) is 0 Å². The summed E-state index contributed by atoms with van der Waals surface area (Å²) in [5, 5.41) is 9.75. The van der Waals surface area contributed by atoms with Crippen LogP contribution in [0, 0.1) is 6.92 Å². The molecule has 438 valence electrons. The van der Waals surface area contributed by atoms with Gasteiger partial charge in [0.05, 0.1) is 12.8 Å². The maximum atomic E-state index is 14.5. The molecule has 14 nitrogen and oxygen atoms in total. The molecule has 0 radical (unpaired) electrons. The minimum absolute atomic E-state index is 0.0866. The zero-order chi connectivity index (χ0) is 59.6. The highest BCUT2D eigenvalue weighted by molar-refractivity contribution is 6.31. The average molecular weight is 1160 g/mol. The van der Waals surface area contributed by atoms with E-state index in [9.17, 15) is 33.9 Å². The van der Waals surface area contributed by atoms with Crippen LogP contribution in [0.15, 0.2) is 176 Å². The molecular formula is C70H71ClN4O10. The molecule has 11 rings (SSSR count). The van der Waals surface area contributed by atoms with Crippen LogP contribution in [0.25, 0.3) is 22.3 Å². The molecule has 7 aromatic rings. The number of benzene rings is 7. The molecule has 85 heavy (non-hydrogen) atoms. The van der Waals surface area contributed by atoms with Gasteiger partial charge in [0.15, 0.2) is 5.60 Å². The van der Waals surface area contributed by atoms with Crippen molar-refractivity contribution in [2.24, 2.45) is 0 Å². The fourth-order valence-electron chi connectivity index (χ4n) is 12.5. The second kappa shape index (κ2) is 26.9. The van der Waals surface area contributed by atoms with Gasteiger partial charge in [-0.1, -0.05) is 187 Å². The monoisotopic (exact) mass is 1160 g/mol. The van der Waals surface area contributed by atoms with E-state index in [-0.39, 0.29) is 43.3 Å². The third-order valence-corrected chi connectivity index (χ3v) is 17.3. The van der Waals surface area contributed by atoms with E-state index in [1.54, 1.807) is 15.9 Å². The molecule has 3 atom stereocenters. The molecule has 1 N–H and O–H groups in total. The molecule has 2 aliphatic heterocycles. The lowest BCUT2D eigenvalue weighted by Crippen LogP contribution is -2.52. The molecule has 2 heterocycles. The maximum absolute atomic E-state index is 14.5. The molecule has 2 saturated heterocycles. The lowest BCUT2D eigenvalue weighted by molar-refractivity contribution is -0.157. The number of halogens is 1. The van der Waals surface area contributed by atoms with E-state index in [2.05, 4.69) is 36.4 Å². The Morgan fingerprint density at radius 1 is 0.506 bits per heavy atom. The van der Waals surface area contributed by atoms with Crippen LogP contribution in [0.3, 0.4) is 0 Å². The molecule has 4 aliphatic rings.